The first-order valence-electron chi connectivity index (χ1n) is 17.5. The van der Waals surface area contributed by atoms with Crippen molar-refractivity contribution in [3.63, 3.8) is 0 Å². The molecule has 220 valence electrons. The lowest BCUT2D eigenvalue weighted by Gasteiger charge is -2.03. The summed E-state index contributed by atoms with van der Waals surface area (Å²) < 4.78 is 0. The van der Waals surface area contributed by atoms with Gasteiger partial charge in [-0.1, -0.05) is 213 Å². The molecular formula is C36H71P. The Balaban J connectivity index is 3.14. The molecule has 0 fully saturated rings. The summed E-state index contributed by atoms with van der Waals surface area (Å²) in [6, 6.07) is 0. The Morgan fingerprint density at radius 3 is 0.757 bits per heavy atom. The Labute approximate surface area is 238 Å². The van der Waals surface area contributed by atoms with Gasteiger partial charge in [-0.2, -0.15) is 0 Å². The molecule has 0 amide bonds. The maximum absolute atomic E-state index is 2.43. The van der Waals surface area contributed by atoms with Gasteiger partial charge in [-0.05, 0) is 25.7 Å². The van der Waals surface area contributed by atoms with Crippen LogP contribution in [0.3, 0.4) is 0 Å². The predicted molar refractivity (Wildman–Crippen MR) is 176 cm³/mol. The second-order valence-corrected chi connectivity index (χ2v) is 12.7. The first kappa shape index (κ1) is 36.9. The van der Waals surface area contributed by atoms with E-state index < -0.39 is 0 Å². The molecule has 0 heterocycles. The molecule has 0 saturated carbocycles. The number of hydrogen-bond acceptors (Lipinski definition) is 0. The van der Waals surface area contributed by atoms with Crippen LogP contribution in [0.1, 0.15) is 206 Å². The van der Waals surface area contributed by atoms with E-state index in [0.717, 1.165) is 8.58 Å². The molecule has 37 heavy (non-hydrogen) atoms. The van der Waals surface area contributed by atoms with Gasteiger partial charge in [0.25, 0.3) is 0 Å². The highest BCUT2D eigenvalue weighted by Gasteiger charge is 1.95. The van der Waals surface area contributed by atoms with Crippen LogP contribution in [0.15, 0.2) is 23.8 Å². The zero-order valence-electron chi connectivity index (χ0n) is 26.0. The zero-order chi connectivity index (χ0) is 26.7. The molecule has 0 rings (SSSR count). The van der Waals surface area contributed by atoms with Gasteiger partial charge in [0.05, 0.1) is 0 Å². The summed E-state index contributed by atoms with van der Waals surface area (Å²) in [6.07, 6.45) is 48.1. The molecule has 1 heteroatoms. The Bertz CT molecular complexity index is 398. The van der Waals surface area contributed by atoms with E-state index in [9.17, 15) is 0 Å². The highest BCUT2D eigenvalue weighted by atomic mass is 31.1. The van der Waals surface area contributed by atoms with Crippen molar-refractivity contribution in [3.05, 3.63) is 23.8 Å². The minimum atomic E-state index is 0.893. The molecule has 0 aromatic rings. The highest BCUT2D eigenvalue weighted by Crippen LogP contribution is 2.18. The maximum atomic E-state index is 2.43. The topological polar surface area (TPSA) is 0 Å². The van der Waals surface area contributed by atoms with Gasteiger partial charge in [0.1, 0.15) is 0 Å². The molecule has 0 aliphatic carbocycles. The third-order valence-electron chi connectivity index (χ3n) is 7.88. The van der Waals surface area contributed by atoms with Crippen LogP contribution in [-0.2, 0) is 0 Å². The summed E-state index contributed by atoms with van der Waals surface area (Å²) in [5.41, 5.74) is 0. The van der Waals surface area contributed by atoms with Crippen molar-refractivity contribution in [1.82, 2.24) is 0 Å². The van der Waals surface area contributed by atoms with E-state index in [2.05, 4.69) is 37.6 Å². The van der Waals surface area contributed by atoms with E-state index in [4.69, 9.17) is 0 Å². The molecule has 0 spiro atoms. The van der Waals surface area contributed by atoms with Gasteiger partial charge in [0, 0.05) is 0 Å². The van der Waals surface area contributed by atoms with Gasteiger partial charge in [0.15, 0.2) is 0 Å². The molecule has 0 atom stereocenters. The maximum Gasteiger partial charge on any atom is -0.0347 e. The lowest BCUT2D eigenvalue weighted by atomic mass is 10.0. The summed E-state index contributed by atoms with van der Waals surface area (Å²) in [6.45, 7) is 4.61. The van der Waals surface area contributed by atoms with Crippen molar-refractivity contribution in [2.24, 2.45) is 0 Å². The first-order chi connectivity index (χ1) is 18.4. The summed E-state index contributed by atoms with van der Waals surface area (Å²) in [5, 5.41) is 0. The summed E-state index contributed by atoms with van der Waals surface area (Å²) in [7, 11) is 0.893. The van der Waals surface area contributed by atoms with Crippen LogP contribution in [0.2, 0.25) is 0 Å². The summed E-state index contributed by atoms with van der Waals surface area (Å²) >= 11 is 0. The van der Waals surface area contributed by atoms with Gasteiger partial charge < -0.3 is 0 Å². The molecule has 0 bridgehead atoms. The molecule has 0 saturated heterocycles. The molecule has 0 radical (unpaired) electrons. The minimum absolute atomic E-state index is 0.893. The third kappa shape index (κ3) is 35.9. The fourth-order valence-electron chi connectivity index (χ4n) is 5.27. The van der Waals surface area contributed by atoms with Crippen LogP contribution in [0.4, 0.5) is 0 Å². The highest BCUT2D eigenvalue weighted by molar-refractivity contribution is 7.45. The van der Waals surface area contributed by atoms with Crippen LogP contribution < -0.4 is 0 Å². The number of rotatable bonds is 32. The van der Waals surface area contributed by atoms with Crippen molar-refractivity contribution >= 4 is 8.58 Å². The summed E-state index contributed by atoms with van der Waals surface area (Å²) in [5.74, 6) is 4.81. The monoisotopic (exact) mass is 535 g/mol. The van der Waals surface area contributed by atoms with E-state index in [1.807, 2.05) is 0 Å². The smallest absolute Gasteiger partial charge is 0.0347 e. The van der Waals surface area contributed by atoms with Gasteiger partial charge in [-0.3, -0.25) is 0 Å². The van der Waals surface area contributed by atoms with Crippen molar-refractivity contribution in [3.8, 4) is 0 Å². The Hall–Kier alpha value is -0.0900. The van der Waals surface area contributed by atoms with Gasteiger partial charge in [0.2, 0.25) is 0 Å². The van der Waals surface area contributed by atoms with Crippen molar-refractivity contribution in [1.29, 1.82) is 0 Å². The lowest BCUT2D eigenvalue weighted by molar-refractivity contribution is 0.536. The van der Waals surface area contributed by atoms with Crippen LogP contribution >= 0.6 is 8.58 Å². The largest absolute Gasteiger partial charge is 0.0840 e. The number of hydrogen-bond donors (Lipinski definition) is 0. The van der Waals surface area contributed by atoms with Gasteiger partial charge in [-0.25, -0.2) is 0 Å². The Morgan fingerprint density at radius 2 is 0.514 bits per heavy atom. The predicted octanol–water partition coefficient (Wildman–Crippen LogP) is 14.4. The van der Waals surface area contributed by atoms with Crippen LogP contribution in [0, 0.1) is 0 Å². The van der Waals surface area contributed by atoms with Crippen LogP contribution in [0.25, 0.3) is 0 Å². The van der Waals surface area contributed by atoms with Gasteiger partial charge in [-0.15, -0.1) is 0 Å². The fraction of sp³-hybridized carbons (Fsp3) is 0.889. The van der Waals surface area contributed by atoms with E-state index >= 15 is 0 Å². The second-order valence-electron chi connectivity index (χ2n) is 11.7. The molecule has 0 aromatic heterocycles. The quantitative estimate of drug-likeness (QED) is 0.0594. The number of allylic oxidation sites excluding steroid dienone is 2. The molecule has 0 aliphatic heterocycles. The minimum Gasteiger partial charge on any atom is -0.0840 e. The lowest BCUT2D eigenvalue weighted by Crippen LogP contribution is -1.83. The fourth-order valence-corrected chi connectivity index (χ4v) is 5.99. The molecule has 0 N–H and O–H groups in total. The van der Waals surface area contributed by atoms with Crippen LogP contribution in [-0.4, -0.2) is 0 Å². The van der Waals surface area contributed by atoms with E-state index in [0.29, 0.717) is 0 Å². The van der Waals surface area contributed by atoms with Crippen molar-refractivity contribution in [2.75, 3.05) is 0 Å². The van der Waals surface area contributed by atoms with Gasteiger partial charge >= 0.3 is 0 Å². The first-order valence-corrected chi connectivity index (χ1v) is 18.6. The normalized spacial score (nSPS) is 12.3. The van der Waals surface area contributed by atoms with E-state index in [-0.39, 0.29) is 0 Å². The summed E-state index contributed by atoms with van der Waals surface area (Å²) in [4.78, 5) is 0. The molecule has 0 unspecified atom stereocenters. The van der Waals surface area contributed by atoms with Crippen molar-refractivity contribution in [2.45, 2.75) is 206 Å². The average molecular weight is 535 g/mol. The molecule has 0 nitrogen and oxygen atoms in total. The molecule has 0 aliphatic rings. The number of unbranched alkanes of at least 4 members (excludes halogenated alkanes) is 28. The van der Waals surface area contributed by atoms with E-state index in [1.165, 1.54) is 193 Å². The van der Waals surface area contributed by atoms with Crippen LogP contribution in [0.5, 0.6) is 0 Å². The molecular weight excluding hydrogens is 463 g/mol. The standard InChI is InChI=1S/C36H71P/c1-3-5-7-9-11-13-15-17-19-21-23-25-27-29-31-33-35-37-36-34-32-30-28-26-24-22-20-18-16-14-12-10-8-6-4-2/h33-37H,3-32H2,1-2H3. The molecule has 0 aromatic carbocycles. The van der Waals surface area contributed by atoms with Crippen molar-refractivity contribution < 1.29 is 0 Å². The SMILES string of the molecule is CCCCCCCCCCCCCCCCC=CPC=CCCCCCCCCCCCCCCCC. The Morgan fingerprint density at radius 1 is 0.297 bits per heavy atom. The van der Waals surface area contributed by atoms with E-state index in [1.54, 1.807) is 0 Å². The second kappa shape index (κ2) is 35.9. The average Bonchev–Trinajstić information content (AvgIpc) is 2.91. The third-order valence-corrected chi connectivity index (χ3v) is 8.73. The zero-order valence-corrected chi connectivity index (χ0v) is 27.0. The Kier molecular flexibility index (Phi) is 35.8.